The van der Waals surface area contributed by atoms with Gasteiger partial charge in [0.2, 0.25) is 0 Å². The van der Waals surface area contributed by atoms with Crippen LogP contribution in [0.1, 0.15) is 49.7 Å². The van der Waals surface area contributed by atoms with Crippen molar-refractivity contribution in [3.63, 3.8) is 0 Å². The molecule has 166 valence electrons. The quantitative estimate of drug-likeness (QED) is 0.420. The second-order valence-corrected chi connectivity index (χ2v) is 11.1. The number of rotatable bonds is 5. The zero-order valence-corrected chi connectivity index (χ0v) is 20.9. The predicted molar refractivity (Wildman–Crippen MR) is 132 cm³/mol. The smallest absolute Gasteiger partial charge is 0.350 e. The van der Waals surface area contributed by atoms with Crippen LogP contribution in [0.25, 0.3) is 0 Å². The molecule has 1 unspecified atom stereocenters. The number of carbonyl (C=O) groups is 2. The third-order valence-electron chi connectivity index (χ3n) is 5.65. The van der Waals surface area contributed by atoms with Gasteiger partial charge >= 0.3 is 5.97 Å². The van der Waals surface area contributed by atoms with E-state index in [4.69, 9.17) is 3.07 Å². The lowest BCUT2D eigenvalue weighted by Gasteiger charge is -2.25. The van der Waals surface area contributed by atoms with E-state index in [0.29, 0.717) is 16.1 Å². The first kappa shape index (κ1) is 22.9. The maximum Gasteiger partial charge on any atom is 0.350 e. The molecule has 2 aromatic carbocycles. The molecule has 1 amide bonds. The van der Waals surface area contributed by atoms with Crippen molar-refractivity contribution in [2.75, 3.05) is 11.6 Å². The van der Waals surface area contributed by atoms with Crippen LogP contribution in [0, 0.1) is 0 Å². The van der Waals surface area contributed by atoms with Gasteiger partial charge in [0.05, 0.1) is 10.5 Å². The van der Waals surface area contributed by atoms with Crippen LogP contribution in [0.3, 0.4) is 0 Å². The van der Waals surface area contributed by atoms with Crippen LogP contribution in [0.2, 0.25) is 0 Å². The summed E-state index contributed by atoms with van der Waals surface area (Å²) >= 11 is 2.85. The Hall–Kier alpha value is -2.24. The molecule has 6 nitrogen and oxygen atoms in total. The Morgan fingerprint density at radius 1 is 1.09 bits per heavy atom. The van der Waals surface area contributed by atoms with Crippen molar-refractivity contribution in [3.05, 3.63) is 81.7 Å². The van der Waals surface area contributed by atoms with Gasteiger partial charge in [0.25, 0.3) is 5.91 Å². The van der Waals surface area contributed by atoms with E-state index >= 15 is 0 Å². The number of hydrogen-bond acceptors (Lipinski definition) is 6. The lowest BCUT2D eigenvalue weighted by molar-refractivity contribution is 0.0800. The van der Waals surface area contributed by atoms with Crippen molar-refractivity contribution in [1.29, 1.82) is 0 Å². The highest BCUT2D eigenvalue weighted by Crippen LogP contribution is 2.40. The first-order valence-corrected chi connectivity index (χ1v) is 13.6. The average molecular weight is 581 g/mol. The molecule has 0 saturated heterocycles. The SMILES string of the molecule is CS(=O)(=O)c1ccc(C(=O)Nc2scc(C3CCc4ccccc4C3)c2C(=O)OI)cc1. The minimum Gasteiger partial charge on any atom is -0.391 e. The number of carbonyl (C=O) groups excluding carboxylic acids is 2. The molecule has 0 aliphatic heterocycles. The van der Waals surface area contributed by atoms with Gasteiger partial charge in [-0.1, -0.05) is 24.3 Å². The van der Waals surface area contributed by atoms with Gasteiger partial charge in [-0.3, -0.25) is 4.79 Å². The van der Waals surface area contributed by atoms with Crippen LogP contribution < -0.4 is 5.32 Å². The van der Waals surface area contributed by atoms with E-state index in [1.807, 2.05) is 17.5 Å². The van der Waals surface area contributed by atoms with E-state index in [1.54, 1.807) is 23.0 Å². The summed E-state index contributed by atoms with van der Waals surface area (Å²) in [6, 6.07) is 14.0. The molecule has 0 bridgehead atoms. The number of fused-ring (bicyclic) bond motifs is 1. The summed E-state index contributed by atoms with van der Waals surface area (Å²) in [5.41, 5.74) is 4.18. The van der Waals surface area contributed by atoms with Crippen molar-refractivity contribution in [2.45, 2.75) is 30.1 Å². The number of thiophene rings is 1. The highest BCUT2D eigenvalue weighted by Gasteiger charge is 2.29. The Balaban J connectivity index is 1.60. The topological polar surface area (TPSA) is 89.5 Å². The maximum absolute atomic E-state index is 12.8. The van der Waals surface area contributed by atoms with Gasteiger partial charge in [-0.05, 0) is 71.5 Å². The van der Waals surface area contributed by atoms with Crippen LogP contribution in [-0.4, -0.2) is 26.6 Å². The number of anilines is 1. The summed E-state index contributed by atoms with van der Waals surface area (Å²) in [6.07, 6.45) is 3.79. The Labute approximate surface area is 204 Å². The lowest BCUT2D eigenvalue weighted by atomic mass is 9.80. The van der Waals surface area contributed by atoms with E-state index in [1.165, 1.54) is 46.7 Å². The molecule has 32 heavy (non-hydrogen) atoms. The summed E-state index contributed by atoms with van der Waals surface area (Å²) in [4.78, 5) is 25.6. The Kier molecular flexibility index (Phi) is 6.68. The van der Waals surface area contributed by atoms with Gasteiger partial charge in [-0.25, -0.2) is 13.2 Å². The molecule has 1 aromatic heterocycles. The van der Waals surface area contributed by atoms with Crippen molar-refractivity contribution in [2.24, 2.45) is 0 Å². The molecule has 1 N–H and O–H groups in total. The van der Waals surface area contributed by atoms with E-state index in [0.717, 1.165) is 31.1 Å². The summed E-state index contributed by atoms with van der Waals surface area (Å²) in [6.45, 7) is 0. The van der Waals surface area contributed by atoms with Crippen molar-refractivity contribution >= 4 is 61.1 Å². The van der Waals surface area contributed by atoms with Crippen molar-refractivity contribution < 1.29 is 21.1 Å². The fourth-order valence-electron chi connectivity index (χ4n) is 4.00. The average Bonchev–Trinajstić information content (AvgIpc) is 3.21. The number of aryl methyl sites for hydroxylation is 1. The second-order valence-electron chi connectivity index (χ2n) is 7.72. The van der Waals surface area contributed by atoms with Crippen LogP contribution in [0.4, 0.5) is 5.00 Å². The van der Waals surface area contributed by atoms with Crippen LogP contribution >= 0.6 is 34.3 Å². The van der Waals surface area contributed by atoms with Gasteiger partial charge < -0.3 is 8.38 Å². The monoisotopic (exact) mass is 581 g/mol. The number of benzene rings is 2. The molecule has 1 aliphatic carbocycles. The molecule has 0 fully saturated rings. The summed E-state index contributed by atoms with van der Waals surface area (Å²) in [7, 11) is -3.35. The summed E-state index contributed by atoms with van der Waals surface area (Å²) in [5.74, 6) is -0.760. The van der Waals surface area contributed by atoms with Gasteiger partial charge in [-0.2, -0.15) is 0 Å². The Morgan fingerprint density at radius 3 is 2.44 bits per heavy atom. The molecular formula is C23H20INO5S2. The van der Waals surface area contributed by atoms with Crippen molar-refractivity contribution in [3.8, 4) is 0 Å². The molecule has 1 atom stereocenters. The number of nitrogens with one attached hydrogen (secondary N) is 1. The Bertz CT molecular complexity index is 1280. The first-order chi connectivity index (χ1) is 15.3. The van der Waals surface area contributed by atoms with Gasteiger partial charge in [0.15, 0.2) is 32.8 Å². The zero-order valence-electron chi connectivity index (χ0n) is 17.1. The minimum atomic E-state index is -3.35. The number of hydrogen-bond donors (Lipinski definition) is 1. The molecule has 9 heteroatoms. The predicted octanol–water partition coefficient (Wildman–Crippen LogP) is 5.18. The molecule has 3 aromatic rings. The Morgan fingerprint density at radius 2 is 1.78 bits per heavy atom. The van der Waals surface area contributed by atoms with Crippen molar-refractivity contribution in [1.82, 2.24) is 0 Å². The van der Waals surface area contributed by atoms with Gasteiger partial charge in [0.1, 0.15) is 5.00 Å². The van der Waals surface area contributed by atoms with Crippen LogP contribution in [0.5, 0.6) is 0 Å². The normalized spacial score (nSPS) is 15.6. The molecule has 1 heterocycles. The third-order valence-corrected chi connectivity index (χ3v) is 8.09. The summed E-state index contributed by atoms with van der Waals surface area (Å²) in [5, 5.41) is 5.15. The molecular weight excluding hydrogens is 561 g/mol. The number of halogens is 1. The fourth-order valence-corrected chi connectivity index (χ4v) is 5.88. The molecule has 4 rings (SSSR count). The fraction of sp³-hybridized carbons (Fsp3) is 0.217. The largest absolute Gasteiger partial charge is 0.391 e. The van der Waals surface area contributed by atoms with Gasteiger partial charge in [0, 0.05) is 11.8 Å². The second kappa shape index (κ2) is 9.32. The molecule has 0 spiro atoms. The highest BCUT2D eigenvalue weighted by molar-refractivity contribution is 14.1. The van der Waals surface area contributed by atoms with Gasteiger partial charge in [-0.15, -0.1) is 11.3 Å². The first-order valence-electron chi connectivity index (χ1n) is 9.90. The number of sulfone groups is 1. The lowest BCUT2D eigenvalue weighted by Crippen LogP contribution is -2.17. The molecule has 0 saturated carbocycles. The number of amides is 1. The highest BCUT2D eigenvalue weighted by atomic mass is 127. The van der Waals surface area contributed by atoms with E-state index < -0.39 is 21.7 Å². The van der Waals surface area contributed by atoms with E-state index in [2.05, 4.69) is 17.4 Å². The van der Waals surface area contributed by atoms with E-state index in [9.17, 15) is 18.0 Å². The van der Waals surface area contributed by atoms with Crippen LogP contribution in [-0.2, 0) is 25.7 Å². The zero-order chi connectivity index (χ0) is 22.9. The maximum atomic E-state index is 12.8. The third kappa shape index (κ3) is 4.74. The van der Waals surface area contributed by atoms with E-state index in [-0.39, 0.29) is 10.8 Å². The minimum absolute atomic E-state index is 0.138. The van der Waals surface area contributed by atoms with Crippen LogP contribution in [0.15, 0.2) is 58.8 Å². The molecule has 1 aliphatic rings. The summed E-state index contributed by atoms with van der Waals surface area (Å²) < 4.78 is 28.3. The molecule has 0 radical (unpaired) electrons. The standard InChI is InChI=1S/C23H20INO5S2/c1-32(28,29)18-10-8-15(9-11-18)21(26)25-22-20(23(27)30-24)19(13-31-22)17-7-6-14-4-2-3-5-16(14)12-17/h2-5,8-11,13,17H,6-7,12H2,1H3,(H,25,26).